The fourth-order valence-electron chi connectivity index (χ4n) is 2.74. The first-order chi connectivity index (χ1) is 9.79. The van der Waals surface area contributed by atoms with Gasteiger partial charge in [0.2, 0.25) is 0 Å². The number of piperidine rings is 1. The Morgan fingerprint density at radius 2 is 2.15 bits per heavy atom. The van der Waals surface area contributed by atoms with Crippen molar-refractivity contribution in [3.05, 3.63) is 34.6 Å². The molecule has 0 aliphatic carbocycles. The van der Waals surface area contributed by atoms with Crippen molar-refractivity contribution in [2.24, 2.45) is 0 Å². The SMILES string of the molecule is O=c1c2ccccc2nnn1CN1CCCCC1CO. The maximum absolute atomic E-state index is 12.4. The zero-order valence-corrected chi connectivity index (χ0v) is 11.3. The number of nitrogens with zero attached hydrogens (tertiary/aromatic N) is 4. The van der Waals surface area contributed by atoms with Crippen LogP contribution in [-0.4, -0.2) is 44.2 Å². The molecule has 1 aromatic heterocycles. The number of hydrogen-bond acceptors (Lipinski definition) is 5. The highest BCUT2D eigenvalue weighted by Gasteiger charge is 2.22. The summed E-state index contributed by atoms with van der Waals surface area (Å²) in [4.78, 5) is 14.5. The Balaban J connectivity index is 1.90. The van der Waals surface area contributed by atoms with Gasteiger partial charge in [-0.15, -0.1) is 5.10 Å². The van der Waals surface area contributed by atoms with Crippen LogP contribution < -0.4 is 5.56 Å². The number of benzene rings is 1. The van der Waals surface area contributed by atoms with Crippen molar-refractivity contribution < 1.29 is 5.11 Å². The van der Waals surface area contributed by atoms with Crippen LogP contribution in [0.25, 0.3) is 10.9 Å². The van der Waals surface area contributed by atoms with Crippen molar-refractivity contribution in [3.63, 3.8) is 0 Å². The monoisotopic (exact) mass is 274 g/mol. The fourth-order valence-corrected chi connectivity index (χ4v) is 2.74. The summed E-state index contributed by atoms with van der Waals surface area (Å²) in [5.41, 5.74) is 0.490. The first-order valence-electron chi connectivity index (χ1n) is 6.97. The van der Waals surface area contributed by atoms with Gasteiger partial charge in [-0.05, 0) is 25.0 Å². The molecule has 1 saturated heterocycles. The number of aliphatic hydroxyl groups is 1. The van der Waals surface area contributed by atoms with Gasteiger partial charge >= 0.3 is 0 Å². The van der Waals surface area contributed by atoms with E-state index in [4.69, 9.17) is 0 Å². The van der Waals surface area contributed by atoms with Crippen LogP contribution in [0.5, 0.6) is 0 Å². The van der Waals surface area contributed by atoms with Crippen LogP contribution in [0.2, 0.25) is 0 Å². The predicted molar refractivity (Wildman–Crippen MR) is 75.2 cm³/mol. The van der Waals surface area contributed by atoms with Gasteiger partial charge < -0.3 is 5.11 Å². The first kappa shape index (κ1) is 13.2. The predicted octanol–water partition coefficient (Wildman–Crippen LogP) is 0.596. The molecule has 0 radical (unpaired) electrons. The second kappa shape index (κ2) is 5.68. The zero-order valence-electron chi connectivity index (χ0n) is 11.3. The number of fused-ring (bicyclic) bond motifs is 1. The van der Waals surface area contributed by atoms with Gasteiger partial charge in [0.25, 0.3) is 5.56 Å². The van der Waals surface area contributed by atoms with E-state index in [9.17, 15) is 9.90 Å². The fraction of sp³-hybridized carbons (Fsp3) is 0.500. The number of rotatable bonds is 3. The maximum atomic E-state index is 12.4. The second-order valence-electron chi connectivity index (χ2n) is 5.20. The molecule has 20 heavy (non-hydrogen) atoms. The third-order valence-electron chi connectivity index (χ3n) is 3.90. The molecule has 1 aliphatic heterocycles. The van der Waals surface area contributed by atoms with Gasteiger partial charge in [-0.3, -0.25) is 9.69 Å². The molecule has 1 aromatic carbocycles. The topological polar surface area (TPSA) is 71.2 Å². The first-order valence-corrected chi connectivity index (χ1v) is 6.97. The Morgan fingerprint density at radius 3 is 3.00 bits per heavy atom. The molecular weight excluding hydrogens is 256 g/mol. The summed E-state index contributed by atoms with van der Waals surface area (Å²) in [5.74, 6) is 0. The Bertz CT molecular complexity index is 655. The van der Waals surface area contributed by atoms with E-state index in [0.717, 1.165) is 25.8 Å². The minimum Gasteiger partial charge on any atom is -0.395 e. The minimum absolute atomic E-state index is 0.115. The van der Waals surface area contributed by atoms with Gasteiger partial charge in [0.15, 0.2) is 0 Å². The summed E-state index contributed by atoms with van der Waals surface area (Å²) in [6.45, 7) is 1.39. The Morgan fingerprint density at radius 1 is 1.30 bits per heavy atom. The highest BCUT2D eigenvalue weighted by molar-refractivity contribution is 5.76. The van der Waals surface area contributed by atoms with Crippen molar-refractivity contribution in [1.29, 1.82) is 0 Å². The van der Waals surface area contributed by atoms with Crippen molar-refractivity contribution >= 4 is 10.9 Å². The molecular formula is C14H18N4O2. The van der Waals surface area contributed by atoms with E-state index in [1.54, 1.807) is 12.1 Å². The van der Waals surface area contributed by atoms with E-state index >= 15 is 0 Å². The lowest BCUT2D eigenvalue weighted by Crippen LogP contribution is -2.45. The molecule has 0 amide bonds. The molecule has 1 N–H and O–H groups in total. The number of hydrogen-bond donors (Lipinski definition) is 1. The van der Waals surface area contributed by atoms with Crippen molar-refractivity contribution in [3.8, 4) is 0 Å². The van der Waals surface area contributed by atoms with Gasteiger partial charge in [-0.1, -0.05) is 23.8 Å². The average molecular weight is 274 g/mol. The van der Waals surface area contributed by atoms with Crippen LogP contribution in [0.3, 0.4) is 0 Å². The summed E-state index contributed by atoms with van der Waals surface area (Å²) < 4.78 is 1.39. The van der Waals surface area contributed by atoms with Gasteiger partial charge in [0.05, 0.1) is 18.7 Å². The lowest BCUT2D eigenvalue weighted by atomic mass is 10.0. The summed E-state index contributed by atoms with van der Waals surface area (Å²) >= 11 is 0. The van der Waals surface area contributed by atoms with E-state index in [-0.39, 0.29) is 18.2 Å². The smallest absolute Gasteiger partial charge is 0.278 e. The summed E-state index contributed by atoms with van der Waals surface area (Å²) in [6, 6.07) is 7.33. The normalized spacial score (nSPS) is 20.4. The maximum Gasteiger partial charge on any atom is 0.278 e. The standard InChI is InChI=1S/C14H18N4O2/c19-9-11-5-3-4-8-17(11)10-18-14(20)12-6-1-2-7-13(12)15-16-18/h1-2,6-7,11,19H,3-5,8-10H2. The van der Waals surface area contributed by atoms with Crippen LogP contribution in [0.1, 0.15) is 19.3 Å². The average Bonchev–Trinajstić information content (AvgIpc) is 2.51. The lowest BCUT2D eigenvalue weighted by molar-refractivity contribution is 0.0581. The van der Waals surface area contributed by atoms with Crippen LogP contribution in [0.15, 0.2) is 29.1 Å². The van der Waals surface area contributed by atoms with E-state index in [1.165, 1.54) is 4.68 Å². The van der Waals surface area contributed by atoms with Crippen molar-refractivity contribution in [1.82, 2.24) is 19.9 Å². The van der Waals surface area contributed by atoms with Gasteiger partial charge in [0, 0.05) is 12.6 Å². The molecule has 0 saturated carbocycles. The van der Waals surface area contributed by atoms with Crippen LogP contribution in [0.4, 0.5) is 0 Å². The van der Waals surface area contributed by atoms with E-state index < -0.39 is 0 Å². The molecule has 3 rings (SSSR count). The molecule has 0 bridgehead atoms. The van der Waals surface area contributed by atoms with Gasteiger partial charge in [0.1, 0.15) is 5.52 Å². The lowest BCUT2D eigenvalue weighted by Gasteiger charge is -2.34. The van der Waals surface area contributed by atoms with Gasteiger partial charge in [-0.25, -0.2) is 0 Å². The largest absolute Gasteiger partial charge is 0.395 e. The zero-order chi connectivity index (χ0) is 13.9. The summed E-state index contributed by atoms with van der Waals surface area (Å²) in [5, 5.41) is 18.1. The third kappa shape index (κ3) is 2.44. The Labute approximate surface area is 116 Å². The van der Waals surface area contributed by atoms with Crippen molar-refractivity contribution in [2.75, 3.05) is 13.2 Å². The number of aromatic nitrogens is 3. The number of aliphatic hydroxyl groups excluding tert-OH is 1. The van der Waals surface area contributed by atoms with Crippen LogP contribution >= 0.6 is 0 Å². The van der Waals surface area contributed by atoms with E-state index in [0.29, 0.717) is 17.6 Å². The molecule has 1 unspecified atom stereocenters. The molecule has 2 heterocycles. The molecule has 1 atom stereocenters. The second-order valence-corrected chi connectivity index (χ2v) is 5.20. The molecule has 1 aliphatic rings. The van der Waals surface area contributed by atoms with Crippen molar-refractivity contribution in [2.45, 2.75) is 32.0 Å². The summed E-state index contributed by atoms with van der Waals surface area (Å²) in [7, 11) is 0. The van der Waals surface area contributed by atoms with Crippen LogP contribution in [0, 0.1) is 0 Å². The third-order valence-corrected chi connectivity index (χ3v) is 3.90. The Hall–Kier alpha value is -1.79. The minimum atomic E-state index is -0.127. The Kier molecular flexibility index (Phi) is 3.75. The highest BCUT2D eigenvalue weighted by atomic mass is 16.3. The number of likely N-dealkylation sites (tertiary alicyclic amines) is 1. The van der Waals surface area contributed by atoms with Gasteiger partial charge in [-0.2, -0.15) is 4.68 Å². The van der Waals surface area contributed by atoms with E-state index in [1.807, 2.05) is 12.1 Å². The molecule has 1 fully saturated rings. The van der Waals surface area contributed by atoms with Crippen LogP contribution in [-0.2, 0) is 6.67 Å². The van der Waals surface area contributed by atoms with E-state index in [2.05, 4.69) is 15.2 Å². The highest BCUT2D eigenvalue weighted by Crippen LogP contribution is 2.16. The molecule has 6 nitrogen and oxygen atoms in total. The molecule has 6 heteroatoms. The molecule has 0 spiro atoms. The summed E-state index contributed by atoms with van der Waals surface area (Å²) in [6.07, 6.45) is 3.18. The molecule has 106 valence electrons. The molecule has 2 aromatic rings. The quantitative estimate of drug-likeness (QED) is 0.887.